The van der Waals surface area contributed by atoms with E-state index in [1.165, 1.54) is 0 Å². The number of hydrogen-bond acceptors (Lipinski definition) is 3. The van der Waals surface area contributed by atoms with Crippen molar-refractivity contribution < 1.29 is 14.6 Å². The first-order chi connectivity index (χ1) is 9.51. The number of fused-ring (bicyclic) bond motifs is 1. The van der Waals surface area contributed by atoms with Crippen molar-refractivity contribution in [1.82, 2.24) is 0 Å². The highest BCUT2D eigenvalue weighted by atomic mass is 16.5. The lowest BCUT2D eigenvalue weighted by molar-refractivity contribution is -0.122. The molecular weight excluding hydrogens is 254 g/mol. The number of aliphatic hydroxyl groups is 1. The van der Waals surface area contributed by atoms with Gasteiger partial charge in [0, 0.05) is 18.2 Å². The van der Waals surface area contributed by atoms with Crippen LogP contribution < -0.4 is 4.90 Å². The molecule has 4 nitrogen and oxygen atoms in total. The lowest BCUT2D eigenvalue weighted by Crippen LogP contribution is -2.42. The maximum absolute atomic E-state index is 12.6. The first kappa shape index (κ1) is 13.6. The van der Waals surface area contributed by atoms with Crippen molar-refractivity contribution in [3.8, 4) is 0 Å². The van der Waals surface area contributed by atoms with E-state index >= 15 is 0 Å². The third kappa shape index (κ3) is 2.03. The summed E-state index contributed by atoms with van der Waals surface area (Å²) in [5, 5.41) is 10.3. The Morgan fingerprint density at radius 2 is 2.20 bits per heavy atom. The average molecular weight is 275 g/mol. The van der Waals surface area contributed by atoms with Gasteiger partial charge in [-0.25, -0.2) is 0 Å². The van der Waals surface area contributed by atoms with Crippen LogP contribution in [0.2, 0.25) is 0 Å². The van der Waals surface area contributed by atoms with Crippen molar-refractivity contribution in [2.75, 3.05) is 24.7 Å². The van der Waals surface area contributed by atoms with Crippen LogP contribution in [-0.4, -0.2) is 36.9 Å². The molecule has 2 unspecified atom stereocenters. The van der Waals surface area contributed by atoms with E-state index in [0.717, 1.165) is 17.7 Å². The number of carbonyl (C=O) groups is 1. The van der Waals surface area contributed by atoms with Crippen LogP contribution in [0.5, 0.6) is 0 Å². The Hall–Kier alpha value is -1.39. The van der Waals surface area contributed by atoms with Gasteiger partial charge in [0.05, 0.1) is 24.7 Å². The summed E-state index contributed by atoms with van der Waals surface area (Å²) in [6.45, 7) is 5.54. The molecule has 0 aliphatic carbocycles. The van der Waals surface area contributed by atoms with Gasteiger partial charge >= 0.3 is 0 Å². The summed E-state index contributed by atoms with van der Waals surface area (Å²) in [4.78, 5) is 14.4. The quantitative estimate of drug-likeness (QED) is 0.913. The van der Waals surface area contributed by atoms with E-state index in [2.05, 4.69) is 0 Å². The van der Waals surface area contributed by atoms with Crippen molar-refractivity contribution in [3.05, 3.63) is 29.8 Å². The zero-order valence-corrected chi connectivity index (χ0v) is 12.0. The second-order valence-electron chi connectivity index (χ2n) is 6.25. The summed E-state index contributed by atoms with van der Waals surface area (Å²) >= 11 is 0. The Kier molecular flexibility index (Phi) is 3.30. The number of β-amino-alcohol motifs (C(OH)–C–C–N with tert-alkyl or cyclic N) is 1. The minimum Gasteiger partial charge on any atom is -0.391 e. The van der Waals surface area contributed by atoms with E-state index < -0.39 is 11.5 Å². The molecule has 108 valence electrons. The Bertz CT molecular complexity index is 520. The molecule has 2 heterocycles. The zero-order valence-electron chi connectivity index (χ0n) is 12.0. The van der Waals surface area contributed by atoms with Crippen LogP contribution >= 0.6 is 0 Å². The van der Waals surface area contributed by atoms with Crippen LogP contribution in [0.1, 0.15) is 25.8 Å². The number of benzene rings is 1. The van der Waals surface area contributed by atoms with Gasteiger partial charge in [-0.2, -0.15) is 0 Å². The fraction of sp³-hybridized carbons (Fsp3) is 0.562. The van der Waals surface area contributed by atoms with Crippen molar-refractivity contribution >= 4 is 11.6 Å². The lowest BCUT2D eigenvalue weighted by atomic mass is 9.86. The molecule has 1 aromatic rings. The van der Waals surface area contributed by atoms with Gasteiger partial charge in [-0.3, -0.25) is 4.79 Å². The van der Waals surface area contributed by atoms with Crippen LogP contribution in [0.3, 0.4) is 0 Å². The normalized spacial score (nSPS) is 25.9. The van der Waals surface area contributed by atoms with Crippen LogP contribution in [-0.2, 0) is 14.9 Å². The van der Waals surface area contributed by atoms with Gasteiger partial charge in [0.15, 0.2) is 0 Å². The van der Waals surface area contributed by atoms with E-state index in [0.29, 0.717) is 19.8 Å². The molecule has 1 N–H and O–H groups in total. The highest BCUT2D eigenvalue weighted by Gasteiger charge is 2.44. The van der Waals surface area contributed by atoms with Gasteiger partial charge in [-0.15, -0.1) is 0 Å². The third-order valence-electron chi connectivity index (χ3n) is 4.53. The molecule has 1 saturated heterocycles. The standard InChI is InChI=1S/C16H21NO3/c1-16(2)12-5-3-4-6-13(12)17(15(16)19)9-14(18)11-7-8-20-10-11/h3-6,11,14,18H,7-10H2,1-2H3. The van der Waals surface area contributed by atoms with E-state index in [-0.39, 0.29) is 11.8 Å². The molecular formula is C16H21NO3. The molecule has 1 amide bonds. The number of aliphatic hydroxyl groups excluding tert-OH is 1. The fourth-order valence-corrected chi connectivity index (χ4v) is 3.17. The number of hydrogen-bond donors (Lipinski definition) is 1. The monoisotopic (exact) mass is 275 g/mol. The highest BCUT2D eigenvalue weighted by Crippen LogP contribution is 2.41. The summed E-state index contributed by atoms with van der Waals surface area (Å²) in [5.74, 6) is 0.204. The summed E-state index contributed by atoms with van der Waals surface area (Å²) in [6.07, 6.45) is 0.345. The summed E-state index contributed by atoms with van der Waals surface area (Å²) in [6, 6.07) is 7.85. The van der Waals surface area contributed by atoms with Gasteiger partial charge in [0.2, 0.25) is 5.91 Å². The molecule has 2 aliphatic heterocycles. The number of nitrogens with zero attached hydrogens (tertiary/aromatic N) is 1. The molecule has 2 atom stereocenters. The van der Waals surface area contributed by atoms with Crippen molar-refractivity contribution in [2.24, 2.45) is 5.92 Å². The van der Waals surface area contributed by atoms with Crippen molar-refractivity contribution in [2.45, 2.75) is 31.8 Å². The number of carbonyl (C=O) groups excluding carboxylic acids is 1. The molecule has 0 saturated carbocycles. The van der Waals surface area contributed by atoms with E-state index in [4.69, 9.17) is 4.74 Å². The van der Waals surface area contributed by atoms with Crippen LogP contribution in [0.15, 0.2) is 24.3 Å². The molecule has 4 heteroatoms. The topological polar surface area (TPSA) is 49.8 Å². The first-order valence-corrected chi connectivity index (χ1v) is 7.19. The number of para-hydroxylation sites is 1. The summed E-state index contributed by atoms with van der Waals surface area (Å²) in [5.41, 5.74) is 1.46. The Morgan fingerprint density at radius 1 is 1.45 bits per heavy atom. The van der Waals surface area contributed by atoms with E-state index in [9.17, 15) is 9.90 Å². The van der Waals surface area contributed by atoms with Crippen LogP contribution in [0.25, 0.3) is 0 Å². The Balaban J connectivity index is 1.85. The fourth-order valence-electron chi connectivity index (χ4n) is 3.17. The van der Waals surface area contributed by atoms with Crippen LogP contribution in [0.4, 0.5) is 5.69 Å². The second-order valence-corrected chi connectivity index (χ2v) is 6.25. The summed E-state index contributed by atoms with van der Waals surface area (Å²) in [7, 11) is 0. The number of amides is 1. The second kappa shape index (κ2) is 4.86. The zero-order chi connectivity index (χ0) is 14.3. The Labute approximate surface area is 119 Å². The van der Waals surface area contributed by atoms with E-state index in [1.54, 1.807) is 4.90 Å². The average Bonchev–Trinajstić information content (AvgIpc) is 3.02. The maximum atomic E-state index is 12.6. The molecule has 1 fully saturated rings. The molecule has 0 bridgehead atoms. The predicted molar refractivity (Wildman–Crippen MR) is 76.8 cm³/mol. The first-order valence-electron chi connectivity index (χ1n) is 7.19. The van der Waals surface area contributed by atoms with Gasteiger partial charge in [0.25, 0.3) is 0 Å². The van der Waals surface area contributed by atoms with Crippen molar-refractivity contribution in [1.29, 1.82) is 0 Å². The molecule has 0 aromatic heterocycles. The molecule has 3 rings (SSSR count). The summed E-state index contributed by atoms with van der Waals surface area (Å²) < 4.78 is 5.32. The largest absolute Gasteiger partial charge is 0.391 e. The van der Waals surface area contributed by atoms with Gasteiger partial charge in [0.1, 0.15) is 0 Å². The Morgan fingerprint density at radius 3 is 2.90 bits per heavy atom. The third-order valence-corrected chi connectivity index (χ3v) is 4.53. The van der Waals surface area contributed by atoms with Crippen LogP contribution in [0, 0.1) is 5.92 Å². The van der Waals surface area contributed by atoms with Gasteiger partial charge in [-0.05, 0) is 31.9 Å². The highest BCUT2D eigenvalue weighted by molar-refractivity contribution is 6.07. The smallest absolute Gasteiger partial charge is 0.237 e. The predicted octanol–water partition coefficient (Wildman–Crippen LogP) is 1.71. The molecule has 0 radical (unpaired) electrons. The molecule has 2 aliphatic rings. The number of ether oxygens (including phenoxy) is 1. The SMILES string of the molecule is CC1(C)C(=O)N(CC(O)C2CCOC2)c2ccccc21. The van der Waals surface area contributed by atoms with Crippen molar-refractivity contribution in [3.63, 3.8) is 0 Å². The number of anilines is 1. The minimum atomic E-state index is -0.525. The van der Waals surface area contributed by atoms with Gasteiger partial charge in [-0.1, -0.05) is 18.2 Å². The molecule has 1 aromatic carbocycles. The van der Waals surface area contributed by atoms with E-state index in [1.807, 2.05) is 38.1 Å². The molecule has 20 heavy (non-hydrogen) atoms. The van der Waals surface area contributed by atoms with Gasteiger partial charge < -0.3 is 14.7 Å². The molecule has 0 spiro atoms. The number of rotatable bonds is 3. The maximum Gasteiger partial charge on any atom is 0.237 e. The minimum absolute atomic E-state index is 0.0664. The lowest BCUT2D eigenvalue weighted by Gasteiger charge is -2.25.